The number of aryl methyl sites for hydroxylation is 1. The average molecular weight is 407 g/mol. The van der Waals surface area contributed by atoms with Crippen molar-refractivity contribution in [3.63, 3.8) is 0 Å². The van der Waals surface area contributed by atoms with Gasteiger partial charge in [-0.25, -0.2) is 5.43 Å². The van der Waals surface area contributed by atoms with Gasteiger partial charge in [0.15, 0.2) is 0 Å². The van der Waals surface area contributed by atoms with Gasteiger partial charge in [0.25, 0.3) is 0 Å². The average Bonchev–Trinajstić information content (AvgIpc) is 3.52. The van der Waals surface area contributed by atoms with Crippen LogP contribution >= 0.6 is 0 Å². The first kappa shape index (κ1) is 21.2. The second-order valence-electron chi connectivity index (χ2n) is 7.55. The van der Waals surface area contributed by atoms with Crippen molar-refractivity contribution in [3.8, 4) is 0 Å². The van der Waals surface area contributed by atoms with Crippen LogP contribution in [-0.4, -0.2) is 28.6 Å². The lowest BCUT2D eigenvalue weighted by Gasteiger charge is -2.07. The topological polar surface area (TPSA) is 108 Å². The van der Waals surface area contributed by atoms with Gasteiger partial charge in [-0.15, -0.1) is 0 Å². The van der Waals surface area contributed by atoms with E-state index >= 15 is 0 Å². The largest absolute Gasteiger partial charge is 0.481 e. The molecule has 0 radical (unpaired) electrons. The van der Waals surface area contributed by atoms with Gasteiger partial charge < -0.3 is 10.4 Å². The summed E-state index contributed by atoms with van der Waals surface area (Å²) in [5.74, 6) is -1.24. The molecule has 3 rings (SSSR count). The van der Waals surface area contributed by atoms with Crippen LogP contribution in [0.15, 0.2) is 53.6 Å². The van der Waals surface area contributed by atoms with Crippen molar-refractivity contribution >= 4 is 29.2 Å². The van der Waals surface area contributed by atoms with Crippen LogP contribution in [0.4, 0.5) is 5.69 Å². The molecule has 1 aliphatic carbocycles. The van der Waals surface area contributed by atoms with Crippen LogP contribution in [0, 0.1) is 12.8 Å². The molecule has 2 unspecified atom stereocenters. The quantitative estimate of drug-likeness (QED) is 0.460. The summed E-state index contributed by atoms with van der Waals surface area (Å²) in [4.78, 5) is 34.6. The van der Waals surface area contributed by atoms with Gasteiger partial charge in [-0.1, -0.05) is 42.0 Å². The summed E-state index contributed by atoms with van der Waals surface area (Å²) in [5, 5.41) is 15.5. The summed E-state index contributed by atoms with van der Waals surface area (Å²) in [6.45, 7) is 3.84. The summed E-state index contributed by atoms with van der Waals surface area (Å²) in [5.41, 5.74) is 7.07. The highest BCUT2D eigenvalue weighted by Crippen LogP contribution is 2.47. The van der Waals surface area contributed by atoms with E-state index in [1.165, 1.54) is 11.1 Å². The fourth-order valence-corrected chi connectivity index (χ4v) is 3.19. The maximum absolute atomic E-state index is 12.4. The lowest BCUT2D eigenvalue weighted by atomic mass is 10.1. The van der Waals surface area contributed by atoms with E-state index in [0.29, 0.717) is 11.4 Å². The number of hydrogen-bond donors (Lipinski definition) is 3. The summed E-state index contributed by atoms with van der Waals surface area (Å²) in [6, 6.07) is 15.3. The molecule has 2 aromatic rings. The number of benzene rings is 2. The number of amides is 2. The first-order chi connectivity index (χ1) is 14.3. The predicted octanol–water partition coefficient (Wildman–Crippen LogP) is 3.44. The number of hydrazone groups is 1. The van der Waals surface area contributed by atoms with E-state index in [-0.39, 0.29) is 36.5 Å². The highest BCUT2D eigenvalue weighted by atomic mass is 16.4. The molecule has 2 atom stereocenters. The highest BCUT2D eigenvalue weighted by Gasteiger charge is 2.43. The third kappa shape index (κ3) is 5.76. The Kier molecular flexibility index (Phi) is 6.61. The lowest BCUT2D eigenvalue weighted by Crippen LogP contribution is -2.21. The monoisotopic (exact) mass is 407 g/mol. The summed E-state index contributed by atoms with van der Waals surface area (Å²) >= 11 is 0. The number of carboxylic acids is 1. The van der Waals surface area contributed by atoms with Gasteiger partial charge in [0, 0.05) is 18.0 Å². The second kappa shape index (κ2) is 9.35. The summed E-state index contributed by atoms with van der Waals surface area (Å²) in [7, 11) is 0. The van der Waals surface area contributed by atoms with Gasteiger partial charge in [-0.3, -0.25) is 14.4 Å². The standard InChI is InChI=1S/C23H25N3O4/c1-14-3-5-17(6-4-14)19-13-20(19)23(30)26-25-15(2)16-7-9-18(10-8-16)24-21(27)11-12-22(28)29/h3-10,19-20H,11-13H2,1-2H3,(H,24,27)(H,26,30)(H,28,29)/b25-15+. The maximum Gasteiger partial charge on any atom is 0.303 e. The minimum absolute atomic E-state index is 0.0485. The first-order valence-electron chi connectivity index (χ1n) is 9.86. The SMILES string of the molecule is C/C(=N\NC(=O)C1CC1c1ccc(C)cc1)c1ccc(NC(=O)CCC(=O)O)cc1. The van der Waals surface area contributed by atoms with Gasteiger partial charge in [0.1, 0.15) is 0 Å². The van der Waals surface area contributed by atoms with Crippen LogP contribution in [0.25, 0.3) is 0 Å². The molecule has 0 aromatic heterocycles. The Labute approximate surface area is 175 Å². The molecule has 0 aliphatic heterocycles. The van der Waals surface area contributed by atoms with Crippen LogP contribution < -0.4 is 10.7 Å². The number of nitrogens with one attached hydrogen (secondary N) is 2. The molecule has 2 amide bonds. The van der Waals surface area contributed by atoms with Crippen molar-refractivity contribution < 1.29 is 19.5 Å². The zero-order valence-corrected chi connectivity index (χ0v) is 17.0. The minimum Gasteiger partial charge on any atom is -0.481 e. The molecule has 0 bridgehead atoms. The molecule has 1 aliphatic rings. The van der Waals surface area contributed by atoms with E-state index in [2.05, 4.69) is 40.1 Å². The zero-order valence-electron chi connectivity index (χ0n) is 17.0. The predicted molar refractivity (Wildman–Crippen MR) is 114 cm³/mol. The third-order valence-electron chi connectivity index (χ3n) is 5.12. The molecule has 2 aromatic carbocycles. The molecule has 30 heavy (non-hydrogen) atoms. The Bertz CT molecular complexity index is 965. The van der Waals surface area contributed by atoms with Gasteiger partial charge in [0.05, 0.1) is 12.1 Å². The number of anilines is 1. The van der Waals surface area contributed by atoms with Crippen molar-refractivity contribution in [2.45, 2.75) is 39.0 Å². The number of rotatable bonds is 8. The van der Waals surface area contributed by atoms with E-state index in [1.807, 2.05) is 6.92 Å². The van der Waals surface area contributed by atoms with Crippen molar-refractivity contribution in [1.29, 1.82) is 0 Å². The lowest BCUT2D eigenvalue weighted by molar-refractivity contribution is -0.138. The van der Waals surface area contributed by atoms with Crippen molar-refractivity contribution in [2.24, 2.45) is 11.0 Å². The summed E-state index contributed by atoms with van der Waals surface area (Å²) < 4.78 is 0. The molecule has 0 spiro atoms. The zero-order chi connectivity index (χ0) is 21.7. The Balaban J connectivity index is 1.50. The second-order valence-corrected chi connectivity index (χ2v) is 7.55. The smallest absolute Gasteiger partial charge is 0.303 e. The molecular formula is C23H25N3O4. The number of hydrogen-bond acceptors (Lipinski definition) is 4. The summed E-state index contributed by atoms with van der Waals surface area (Å²) in [6.07, 6.45) is 0.551. The van der Waals surface area contributed by atoms with Crippen LogP contribution in [0.3, 0.4) is 0 Å². The molecular weight excluding hydrogens is 382 g/mol. The van der Waals surface area contributed by atoms with Gasteiger partial charge in [-0.2, -0.15) is 5.10 Å². The fraction of sp³-hybridized carbons (Fsp3) is 0.304. The Morgan fingerprint density at radius 1 is 1.03 bits per heavy atom. The molecule has 0 saturated heterocycles. The Morgan fingerprint density at radius 3 is 2.33 bits per heavy atom. The normalized spacial score (nSPS) is 17.9. The van der Waals surface area contributed by atoms with E-state index in [1.54, 1.807) is 31.2 Å². The number of aliphatic carboxylic acids is 1. The maximum atomic E-state index is 12.4. The minimum atomic E-state index is -1.01. The number of nitrogens with zero attached hydrogens (tertiary/aromatic N) is 1. The molecule has 7 heteroatoms. The first-order valence-corrected chi connectivity index (χ1v) is 9.86. The van der Waals surface area contributed by atoms with Gasteiger partial charge in [-0.05, 0) is 49.4 Å². The fourth-order valence-electron chi connectivity index (χ4n) is 3.19. The highest BCUT2D eigenvalue weighted by molar-refractivity contribution is 6.00. The van der Waals surface area contributed by atoms with Crippen molar-refractivity contribution in [1.82, 2.24) is 5.43 Å². The Morgan fingerprint density at radius 2 is 1.70 bits per heavy atom. The molecule has 0 heterocycles. The van der Waals surface area contributed by atoms with Gasteiger partial charge >= 0.3 is 5.97 Å². The van der Waals surface area contributed by atoms with Crippen molar-refractivity contribution in [3.05, 3.63) is 65.2 Å². The molecule has 1 fully saturated rings. The van der Waals surface area contributed by atoms with E-state index in [9.17, 15) is 14.4 Å². The van der Waals surface area contributed by atoms with Crippen molar-refractivity contribution in [2.75, 3.05) is 5.32 Å². The van der Waals surface area contributed by atoms with Gasteiger partial charge in [0.2, 0.25) is 11.8 Å². The molecule has 3 N–H and O–H groups in total. The number of carboxylic acid groups (broad SMARTS) is 1. The molecule has 156 valence electrons. The molecule has 1 saturated carbocycles. The van der Waals surface area contributed by atoms with Crippen LogP contribution in [-0.2, 0) is 14.4 Å². The Hall–Kier alpha value is -3.48. The van der Waals surface area contributed by atoms with E-state index in [0.717, 1.165) is 12.0 Å². The van der Waals surface area contributed by atoms with Crippen LogP contribution in [0.5, 0.6) is 0 Å². The molecule has 7 nitrogen and oxygen atoms in total. The van der Waals surface area contributed by atoms with E-state index < -0.39 is 5.97 Å². The van der Waals surface area contributed by atoms with Crippen LogP contribution in [0.2, 0.25) is 0 Å². The van der Waals surface area contributed by atoms with E-state index in [4.69, 9.17) is 5.11 Å². The van der Waals surface area contributed by atoms with Crippen LogP contribution in [0.1, 0.15) is 48.8 Å². The third-order valence-corrected chi connectivity index (χ3v) is 5.12. The number of carbonyl (C=O) groups excluding carboxylic acids is 2. The number of carbonyl (C=O) groups is 3.